The van der Waals surface area contributed by atoms with Crippen molar-refractivity contribution in [1.29, 1.82) is 0 Å². The smallest absolute Gasteiger partial charge is 0.337 e. The first-order valence-electron chi connectivity index (χ1n) is 6.43. The highest BCUT2D eigenvalue weighted by Gasteiger charge is 2.46. The van der Waals surface area contributed by atoms with Crippen molar-refractivity contribution >= 4 is 15.8 Å². The van der Waals surface area contributed by atoms with E-state index in [-0.39, 0.29) is 23.7 Å². The van der Waals surface area contributed by atoms with E-state index in [0.29, 0.717) is 0 Å². The Bertz CT molecular complexity index is 649. The van der Waals surface area contributed by atoms with Gasteiger partial charge in [-0.3, -0.25) is 0 Å². The van der Waals surface area contributed by atoms with Gasteiger partial charge in [0.05, 0.1) is 25.0 Å². The molecule has 0 radical (unpaired) electrons. The van der Waals surface area contributed by atoms with Crippen LogP contribution in [0.2, 0.25) is 0 Å². The first-order chi connectivity index (χ1) is 9.75. The fraction of sp³-hybridized carbons (Fsp3) is 0.500. The predicted molar refractivity (Wildman–Crippen MR) is 74.6 cm³/mol. The van der Waals surface area contributed by atoms with E-state index in [4.69, 9.17) is 4.74 Å². The van der Waals surface area contributed by atoms with Crippen molar-refractivity contribution in [3.8, 4) is 5.75 Å². The zero-order chi connectivity index (χ0) is 15.7. The molecule has 1 saturated carbocycles. The lowest BCUT2D eigenvalue weighted by molar-refractivity contribution is 0.0600. The zero-order valence-corrected chi connectivity index (χ0v) is 12.7. The summed E-state index contributed by atoms with van der Waals surface area (Å²) >= 11 is 0. The third-order valence-electron chi connectivity index (χ3n) is 3.41. The monoisotopic (exact) mass is 316 g/mol. The molecule has 0 amide bonds. The molecule has 1 aliphatic carbocycles. The maximum atomic E-state index is 13.8. The molecule has 0 aromatic heterocycles. The van der Waals surface area contributed by atoms with E-state index in [1.165, 1.54) is 25.5 Å². The molecular formula is C14H17FO5S. The molecule has 2 rings (SSSR count). The van der Waals surface area contributed by atoms with Crippen molar-refractivity contribution in [3.05, 3.63) is 29.6 Å². The second-order valence-corrected chi connectivity index (χ2v) is 7.64. The summed E-state index contributed by atoms with van der Waals surface area (Å²) in [6.07, 6.45) is 2.68. The Morgan fingerprint density at radius 1 is 1.38 bits per heavy atom. The number of hydrogen-bond acceptors (Lipinski definition) is 5. The van der Waals surface area contributed by atoms with Gasteiger partial charge < -0.3 is 9.47 Å². The molecule has 1 aromatic carbocycles. The van der Waals surface area contributed by atoms with E-state index in [1.54, 1.807) is 0 Å². The summed E-state index contributed by atoms with van der Waals surface area (Å²) in [6.45, 7) is 0.147. The van der Waals surface area contributed by atoms with Gasteiger partial charge in [-0.05, 0) is 31.0 Å². The first kappa shape index (κ1) is 15.8. The molecule has 0 unspecified atom stereocenters. The Labute approximate surface area is 123 Å². The molecule has 0 aliphatic heterocycles. The van der Waals surface area contributed by atoms with Crippen LogP contribution in [0.25, 0.3) is 0 Å². The number of methoxy groups -OCH3 is 1. The average molecular weight is 316 g/mol. The minimum absolute atomic E-state index is 0.00225. The summed E-state index contributed by atoms with van der Waals surface area (Å²) in [7, 11) is -1.88. The summed E-state index contributed by atoms with van der Waals surface area (Å²) in [6, 6.07) is 3.79. The average Bonchev–Trinajstić information content (AvgIpc) is 3.14. The second kappa shape index (κ2) is 5.63. The summed E-state index contributed by atoms with van der Waals surface area (Å²) in [5, 5.41) is 0. The molecule has 1 aliphatic rings. The minimum Gasteiger partial charge on any atom is -0.490 e. The van der Waals surface area contributed by atoms with Crippen molar-refractivity contribution in [3.63, 3.8) is 0 Å². The number of rotatable bonds is 6. The van der Waals surface area contributed by atoms with Gasteiger partial charge >= 0.3 is 5.97 Å². The van der Waals surface area contributed by atoms with Crippen molar-refractivity contribution < 1.29 is 27.1 Å². The number of carbonyl (C=O) groups excluding carboxylic acids is 1. The van der Waals surface area contributed by atoms with Crippen LogP contribution in [0.3, 0.4) is 0 Å². The van der Waals surface area contributed by atoms with Crippen molar-refractivity contribution in [2.75, 3.05) is 25.7 Å². The lowest BCUT2D eigenvalue weighted by atomic mass is 10.1. The Balaban J connectivity index is 2.03. The van der Waals surface area contributed by atoms with Crippen LogP contribution >= 0.6 is 0 Å². The Morgan fingerprint density at radius 3 is 2.52 bits per heavy atom. The van der Waals surface area contributed by atoms with E-state index in [9.17, 15) is 17.6 Å². The molecule has 0 bridgehead atoms. The van der Waals surface area contributed by atoms with Gasteiger partial charge in [-0.25, -0.2) is 17.6 Å². The molecule has 0 atom stereocenters. The van der Waals surface area contributed by atoms with Crippen LogP contribution in [0.5, 0.6) is 5.75 Å². The SMILES string of the molecule is COC(=O)c1ccc(OCC2(CS(C)(=O)=O)CC2)c(F)c1. The topological polar surface area (TPSA) is 69.7 Å². The molecule has 0 N–H and O–H groups in total. The summed E-state index contributed by atoms with van der Waals surface area (Å²) < 4.78 is 46.4. The fourth-order valence-corrected chi connectivity index (χ4v) is 3.64. The van der Waals surface area contributed by atoms with Gasteiger partial charge in [0.2, 0.25) is 0 Å². The number of sulfone groups is 1. The molecule has 116 valence electrons. The molecule has 0 heterocycles. The van der Waals surface area contributed by atoms with Gasteiger partial charge in [0, 0.05) is 11.7 Å². The van der Waals surface area contributed by atoms with E-state index in [0.717, 1.165) is 18.9 Å². The second-order valence-electron chi connectivity index (χ2n) is 5.50. The molecule has 1 fully saturated rings. The molecular weight excluding hydrogens is 299 g/mol. The van der Waals surface area contributed by atoms with Gasteiger partial charge in [0.25, 0.3) is 0 Å². The number of halogens is 1. The molecule has 1 aromatic rings. The third-order valence-corrected chi connectivity index (χ3v) is 4.55. The number of benzene rings is 1. The van der Waals surface area contributed by atoms with E-state index in [2.05, 4.69) is 4.74 Å². The standard InChI is InChI=1S/C14H17FO5S/c1-19-13(16)10-3-4-12(11(15)7-10)20-8-14(5-6-14)9-21(2,17)18/h3-4,7H,5-6,8-9H2,1-2H3. The van der Waals surface area contributed by atoms with Crippen molar-refractivity contribution in [2.24, 2.45) is 5.41 Å². The van der Waals surface area contributed by atoms with Gasteiger partial charge in [-0.1, -0.05) is 0 Å². The van der Waals surface area contributed by atoms with E-state index >= 15 is 0 Å². The predicted octanol–water partition coefficient (Wildman–Crippen LogP) is 1.82. The highest BCUT2D eigenvalue weighted by Crippen LogP contribution is 2.47. The summed E-state index contributed by atoms with van der Waals surface area (Å²) in [4.78, 5) is 11.3. The third kappa shape index (κ3) is 4.17. The molecule has 5 nitrogen and oxygen atoms in total. The van der Waals surface area contributed by atoms with Crippen LogP contribution in [-0.2, 0) is 14.6 Å². The normalized spacial score (nSPS) is 16.3. The van der Waals surface area contributed by atoms with Crippen LogP contribution in [0.15, 0.2) is 18.2 Å². The number of carbonyl (C=O) groups is 1. The Morgan fingerprint density at radius 2 is 2.05 bits per heavy atom. The van der Waals surface area contributed by atoms with E-state index in [1.807, 2.05) is 0 Å². The van der Waals surface area contributed by atoms with Gasteiger partial charge in [0.1, 0.15) is 9.84 Å². The number of ether oxygens (including phenoxy) is 2. The minimum atomic E-state index is -3.09. The largest absolute Gasteiger partial charge is 0.490 e. The highest BCUT2D eigenvalue weighted by molar-refractivity contribution is 7.90. The highest BCUT2D eigenvalue weighted by atomic mass is 32.2. The quantitative estimate of drug-likeness (QED) is 0.749. The Hall–Kier alpha value is -1.63. The Kier molecular flexibility index (Phi) is 4.22. The lowest BCUT2D eigenvalue weighted by Crippen LogP contribution is -2.23. The van der Waals surface area contributed by atoms with Crippen molar-refractivity contribution in [2.45, 2.75) is 12.8 Å². The fourth-order valence-electron chi connectivity index (χ4n) is 2.16. The number of hydrogen-bond donors (Lipinski definition) is 0. The zero-order valence-electron chi connectivity index (χ0n) is 11.9. The lowest BCUT2D eigenvalue weighted by Gasteiger charge is -2.15. The van der Waals surface area contributed by atoms with Crippen LogP contribution in [0.1, 0.15) is 23.2 Å². The first-order valence-corrected chi connectivity index (χ1v) is 8.49. The van der Waals surface area contributed by atoms with Crippen LogP contribution in [0, 0.1) is 11.2 Å². The van der Waals surface area contributed by atoms with Crippen LogP contribution in [-0.4, -0.2) is 40.1 Å². The van der Waals surface area contributed by atoms with Crippen LogP contribution < -0.4 is 4.74 Å². The molecule has 7 heteroatoms. The van der Waals surface area contributed by atoms with E-state index < -0.39 is 27.0 Å². The maximum absolute atomic E-state index is 13.8. The van der Waals surface area contributed by atoms with Gasteiger partial charge in [0.15, 0.2) is 11.6 Å². The summed E-state index contributed by atoms with van der Waals surface area (Å²) in [5.74, 6) is -1.26. The van der Waals surface area contributed by atoms with Crippen LogP contribution in [0.4, 0.5) is 4.39 Å². The van der Waals surface area contributed by atoms with Gasteiger partial charge in [-0.15, -0.1) is 0 Å². The molecule has 0 spiro atoms. The maximum Gasteiger partial charge on any atom is 0.337 e. The van der Waals surface area contributed by atoms with Crippen molar-refractivity contribution in [1.82, 2.24) is 0 Å². The summed E-state index contributed by atoms with van der Waals surface area (Å²) in [5.41, 5.74) is -0.305. The molecule has 21 heavy (non-hydrogen) atoms. The number of esters is 1. The molecule has 0 saturated heterocycles. The van der Waals surface area contributed by atoms with Gasteiger partial charge in [-0.2, -0.15) is 0 Å².